The van der Waals surface area contributed by atoms with E-state index in [4.69, 9.17) is 40.1 Å². The first-order chi connectivity index (χ1) is 47.0. The van der Waals surface area contributed by atoms with Crippen LogP contribution in [0.5, 0.6) is 0 Å². The Balaban J connectivity index is 2.17. The Morgan fingerprint density at radius 1 is 0.434 bits per heavy atom. The Hall–Kier alpha value is -10.1. The van der Waals surface area contributed by atoms with Crippen molar-refractivity contribution in [3.8, 4) is 0 Å². The molecule has 0 saturated heterocycles. The van der Waals surface area contributed by atoms with Gasteiger partial charge in [0.25, 0.3) is 0 Å². The van der Waals surface area contributed by atoms with E-state index in [9.17, 15) is 72.5 Å². The van der Waals surface area contributed by atoms with Gasteiger partial charge in [-0.3, -0.25) is 77.2 Å². The molecule has 0 bridgehead atoms. The van der Waals surface area contributed by atoms with Crippen LogP contribution in [0.4, 0.5) is 0 Å². The quantitative estimate of drug-likeness (QED) is 0.0166. The van der Waals surface area contributed by atoms with Crippen LogP contribution in [0.2, 0.25) is 0 Å². The molecule has 0 radical (unpaired) electrons. The van der Waals surface area contributed by atoms with Crippen LogP contribution in [0.1, 0.15) is 96.1 Å². The molecule has 99 heavy (non-hydrogen) atoms. The maximum Gasteiger partial charge on any atom is 0.245 e. The molecule has 28 N–H and O–H groups in total. The number of aliphatic imine (C=N–C) groups is 2. The summed E-state index contributed by atoms with van der Waals surface area (Å²) in [5, 5.41) is 50.3. The molecule has 0 heterocycles. The molecule has 0 aliphatic heterocycles. The fraction of sp³-hybridized carbons (Fsp3) is 0.565. The second-order valence-electron chi connectivity index (χ2n) is 23.3. The largest absolute Gasteiger partial charge is 0.394 e. The number of hydrogen-bond donors (Lipinski definition) is 21. The van der Waals surface area contributed by atoms with Crippen LogP contribution in [0.15, 0.2) is 70.6 Å². The highest BCUT2D eigenvalue weighted by molar-refractivity contribution is 5.99. The van der Waals surface area contributed by atoms with Crippen molar-refractivity contribution in [1.29, 1.82) is 0 Å². The maximum atomic E-state index is 14.1. The minimum atomic E-state index is -1.73. The molecule has 37 nitrogen and oxygen atoms in total. The van der Waals surface area contributed by atoms with Gasteiger partial charge in [-0.1, -0.05) is 60.7 Å². The first-order valence-electron chi connectivity index (χ1n) is 32.4. The number of aliphatic hydroxyl groups is 2. The fourth-order valence-corrected chi connectivity index (χ4v) is 9.34. The molecule has 0 fully saturated rings. The van der Waals surface area contributed by atoms with Gasteiger partial charge in [-0.2, -0.15) is 0 Å². The topological polar surface area (TPSA) is 617 Å². The minimum Gasteiger partial charge on any atom is -0.394 e. The molecule has 0 aliphatic carbocycles. The number of carbonyl (C=O) groups excluding carboxylic acids is 13. The van der Waals surface area contributed by atoms with Crippen LogP contribution in [-0.4, -0.2) is 230 Å². The number of nitrogens with one attached hydrogen (secondary N) is 12. The third-order valence-corrected chi connectivity index (χ3v) is 14.7. The van der Waals surface area contributed by atoms with Gasteiger partial charge in [0.05, 0.1) is 38.9 Å². The lowest BCUT2D eigenvalue weighted by atomic mass is 10.0. The van der Waals surface area contributed by atoms with Gasteiger partial charge in [-0.25, -0.2) is 0 Å². The highest BCUT2D eigenvalue weighted by Gasteiger charge is 2.34. The normalized spacial score (nSPS) is 13.9. The lowest BCUT2D eigenvalue weighted by Gasteiger charge is -2.26. The summed E-state index contributed by atoms with van der Waals surface area (Å²) in [5.74, 6) is -11.8. The molecule has 2 aromatic carbocycles. The van der Waals surface area contributed by atoms with E-state index in [1.165, 1.54) is 20.8 Å². The van der Waals surface area contributed by atoms with Crippen molar-refractivity contribution >= 4 is 88.7 Å². The number of unbranched alkanes of at least 4 members (excludes halogenated alkanes) is 2. The van der Waals surface area contributed by atoms with Gasteiger partial charge in [0.1, 0.15) is 54.4 Å². The molecule has 0 spiro atoms. The van der Waals surface area contributed by atoms with Crippen molar-refractivity contribution in [2.75, 3.05) is 66.0 Å². The lowest BCUT2D eigenvalue weighted by Crippen LogP contribution is -2.60. The summed E-state index contributed by atoms with van der Waals surface area (Å²) in [6.07, 6.45) is 0.0654. The van der Waals surface area contributed by atoms with Gasteiger partial charge in [0.2, 0.25) is 76.8 Å². The van der Waals surface area contributed by atoms with E-state index >= 15 is 0 Å². The van der Waals surface area contributed by atoms with Crippen molar-refractivity contribution in [3.05, 3.63) is 71.8 Å². The zero-order chi connectivity index (χ0) is 74.0. The van der Waals surface area contributed by atoms with Crippen molar-refractivity contribution < 1.29 is 72.5 Å². The van der Waals surface area contributed by atoms with Crippen molar-refractivity contribution in [3.63, 3.8) is 0 Å². The molecule has 13 amide bonds. The molecular formula is C62H102N22O15. The maximum absolute atomic E-state index is 14.1. The third kappa shape index (κ3) is 35.6. The predicted octanol–water partition coefficient (Wildman–Crippen LogP) is -8.66. The highest BCUT2D eigenvalue weighted by Crippen LogP contribution is 2.10. The summed E-state index contributed by atoms with van der Waals surface area (Å²) < 4.78 is 0. The molecule has 0 aromatic heterocycles. The zero-order valence-corrected chi connectivity index (χ0v) is 56.5. The number of aliphatic hydroxyl groups excluding tert-OH is 2. The lowest BCUT2D eigenvalue weighted by molar-refractivity contribution is -0.136. The Labute approximate surface area is 574 Å². The molecule has 0 unspecified atom stereocenters. The van der Waals surface area contributed by atoms with Gasteiger partial charge < -0.3 is 114 Å². The minimum absolute atomic E-state index is 0.0152. The number of nitrogens with two attached hydrogens (primary N) is 7. The number of benzene rings is 2. The van der Waals surface area contributed by atoms with E-state index in [0.717, 1.165) is 5.56 Å². The van der Waals surface area contributed by atoms with Gasteiger partial charge in [0.15, 0.2) is 11.9 Å². The molecular weight excluding hydrogens is 1290 g/mol. The second kappa shape index (κ2) is 46.9. The van der Waals surface area contributed by atoms with E-state index in [2.05, 4.69) is 73.8 Å². The highest BCUT2D eigenvalue weighted by atomic mass is 16.3. The molecule has 37 heteroatoms. The number of primary amides is 1. The second-order valence-corrected chi connectivity index (χ2v) is 23.3. The van der Waals surface area contributed by atoms with Crippen LogP contribution in [0.3, 0.4) is 0 Å². The number of nitrogens with zero attached hydrogens (tertiary/aromatic N) is 3. The SMILES string of the molecule is C[C@H](NC(=O)CNC(=O)[C@H](NC(=O)[C@H](Cc1ccccc1)NC(=O)CNC(=O)CNC(=O)CN(C)Cc1ccccc1)[C@@H](C)O)C(=O)N[C@@H](CCCN=C(N)N)C(=O)N[C@@H](CCCCN)C(=O)N[C@@H](CO)C(=O)N[C@@H](C)C(=O)N[C@@H](CCCN=C(N)N)C(=O)N[C@@H](CCCCN)C(N)=O. The van der Waals surface area contributed by atoms with Crippen LogP contribution < -0.4 is 104 Å². The number of amides is 13. The summed E-state index contributed by atoms with van der Waals surface area (Å²) in [6.45, 7) is 1.81. The Kier molecular flexibility index (Phi) is 40.3. The molecule has 2 aromatic rings. The molecule has 2 rings (SSSR count). The van der Waals surface area contributed by atoms with E-state index in [1.807, 2.05) is 30.3 Å². The van der Waals surface area contributed by atoms with Gasteiger partial charge >= 0.3 is 0 Å². The number of rotatable bonds is 48. The monoisotopic (exact) mass is 1390 g/mol. The standard InChI is InChI=1S/C62H102N22O15/c1-36(75-48(88)32-74-60(99)51(38(3)86)83-58(97)45(29-39-17-7-5-8-18-39)77-49(89)31-72-47(87)30-73-50(90)34-84(4)33-40-19-9-6-10-20-40)53(92)79-44(24-16-28-71-62(68)69)56(95)81-42(22-12-14-26-64)57(96)82-46(35-85)59(98)76-37(2)54(93)80-43(23-15-27-70-61(66)67)55(94)78-41(52(65)91)21-11-13-25-63/h5-10,17-20,36-38,41-46,51,85-86H,11-16,21-35,63-64H2,1-4H3,(H2,65,91)(H,72,87)(H,73,90)(H,74,99)(H,75,88)(H,76,98)(H,77,89)(H,78,94)(H,79,92)(H,80,93)(H,81,95)(H,82,96)(H,83,97)(H4,66,67,70)(H4,68,69,71)/t36-,37-,38+,41-,42-,43-,44-,45-,46-,51+/m0/s1. The summed E-state index contributed by atoms with van der Waals surface area (Å²) in [4.78, 5) is 183. The van der Waals surface area contributed by atoms with Crippen LogP contribution >= 0.6 is 0 Å². The van der Waals surface area contributed by atoms with E-state index in [1.54, 1.807) is 42.3 Å². The van der Waals surface area contributed by atoms with Crippen LogP contribution in [0, 0.1) is 0 Å². The predicted molar refractivity (Wildman–Crippen MR) is 364 cm³/mol. The van der Waals surface area contributed by atoms with Crippen molar-refractivity contribution in [2.45, 2.75) is 158 Å². The average molecular weight is 1400 g/mol. The van der Waals surface area contributed by atoms with Gasteiger partial charge in [-0.05, 0) is 116 Å². The number of guanidine groups is 2. The van der Waals surface area contributed by atoms with E-state index in [0.29, 0.717) is 37.9 Å². The van der Waals surface area contributed by atoms with Gasteiger partial charge in [-0.15, -0.1) is 0 Å². The Bertz CT molecular complexity index is 3010. The first-order valence-corrected chi connectivity index (χ1v) is 32.4. The average Bonchev–Trinajstić information content (AvgIpc) is 0.906. The first kappa shape index (κ1) is 85.0. The van der Waals surface area contributed by atoms with Crippen LogP contribution in [-0.2, 0) is 75.3 Å². The molecule has 550 valence electrons. The van der Waals surface area contributed by atoms with E-state index < -0.39 is 164 Å². The number of hydrogen-bond acceptors (Lipinski definition) is 20. The molecule has 0 aliphatic rings. The molecule has 0 saturated carbocycles. The van der Waals surface area contributed by atoms with Crippen molar-refractivity contribution in [1.82, 2.24) is 68.7 Å². The summed E-state index contributed by atoms with van der Waals surface area (Å²) in [5.41, 5.74) is 40.2. The summed E-state index contributed by atoms with van der Waals surface area (Å²) in [6, 6.07) is 4.92. The molecule has 10 atom stereocenters. The summed E-state index contributed by atoms with van der Waals surface area (Å²) in [7, 11) is 1.74. The third-order valence-electron chi connectivity index (χ3n) is 14.7. The van der Waals surface area contributed by atoms with Gasteiger partial charge in [0, 0.05) is 26.1 Å². The zero-order valence-electron chi connectivity index (χ0n) is 56.5. The summed E-state index contributed by atoms with van der Waals surface area (Å²) >= 11 is 0. The van der Waals surface area contributed by atoms with Crippen LogP contribution in [0.25, 0.3) is 0 Å². The number of likely N-dealkylation sites (N-methyl/N-ethyl adjacent to an activating group) is 1. The fourth-order valence-electron chi connectivity index (χ4n) is 9.34. The number of carbonyl (C=O) groups is 13. The Morgan fingerprint density at radius 2 is 0.838 bits per heavy atom. The van der Waals surface area contributed by atoms with Crippen molar-refractivity contribution in [2.24, 2.45) is 50.1 Å². The smallest absolute Gasteiger partial charge is 0.245 e. The van der Waals surface area contributed by atoms with E-state index in [-0.39, 0.29) is 89.5 Å². The Morgan fingerprint density at radius 3 is 1.32 bits per heavy atom.